The highest BCUT2D eigenvalue weighted by atomic mass is 35.5. The van der Waals surface area contributed by atoms with E-state index in [1.807, 2.05) is 24.3 Å². The van der Waals surface area contributed by atoms with Crippen LogP contribution in [0.15, 0.2) is 24.3 Å². The first kappa shape index (κ1) is 11.9. The van der Waals surface area contributed by atoms with Crippen LogP contribution in [0.1, 0.15) is 13.3 Å². The SMILES string of the molecule is CC(=O)NCCCNc1ccc(Cl)cc1. The molecule has 82 valence electrons. The van der Waals surface area contributed by atoms with Crippen LogP contribution >= 0.6 is 11.6 Å². The topological polar surface area (TPSA) is 41.1 Å². The number of halogens is 1. The van der Waals surface area contributed by atoms with Gasteiger partial charge in [0.05, 0.1) is 0 Å². The third-order valence-corrected chi connectivity index (χ3v) is 2.15. The Hall–Kier alpha value is -1.22. The summed E-state index contributed by atoms with van der Waals surface area (Å²) in [6.07, 6.45) is 0.905. The molecule has 0 heterocycles. The molecule has 0 aliphatic rings. The second kappa shape index (κ2) is 6.30. The van der Waals surface area contributed by atoms with Crippen molar-refractivity contribution in [2.75, 3.05) is 18.4 Å². The Morgan fingerprint density at radius 1 is 1.27 bits per heavy atom. The van der Waals surface area contributed by atoms with Crippen LogP contribution in [-0.2, 0) is 4.79 Å². The quantitative estimate of drug-likeness (QED) is 0.757. The van der Waals surface area contributed by atoms with Crippen LogP contribution in [0, 0.1) is 0 Å². The first-order valence-electron chi connectivity index (χ1n) is 4.92. The fraction of sp³-hybridized carbons (Fsp3) is 0.364. The van der Waals surface area contributed by atoms with Gasteiger partial charge in [-0.15, -0.1) is 0 Å². The van der Waals surface area contributed by atoms with Crippen LogP contribution in [0.3, 0.4) is 0 Å². The van der Waals surface area contributed by atoms with E-state index < -0.39 is 0 Å². The summed E-state index contributed by atoms with van der Waals surface area (Å²) in [5.41, 5.74) is 1.04. The average molecular weight is 227 g/mol. The third-order valence-electron chi connectivity index (χ3n) is 1.90. The zero-order chi connectivity index (χ0) is 11.1. The molecule has 1 aromatic rings. The first-order valence-corrected chi connectivity index (χ1v) is 5.30. The summed E-state index contributed by atoms with van der Waals surface area (Å²) < 4.78 is 0. The van der Waals surface area contributed by atoms with Crippen LogP contribution in [0.5, 0.6) is 0 Å². The number of amides is 1. The lowest BCUT2D eigenvalue weighted by Crippen LogP contribution is -2.22. The molecule has 4 heteroatoms. The number of hydrogen-bond donors (Lipinski definition) is 2. The first-order chi connectivity index (χ1) is 7.18. The number of anilines is 1. The average Bonchev–Trinajstić information content (AvgIpc) is 2.20. The maximum atomic E-state index is 10.6. The highest BCUT2D eigenvalue weighted by molar-refractivity contribution is 6.30. The van der Waals surface area contributed by atoms with Gasteiger partial charge in [0, 0.05) is 30.7 Å². The minimum absolute atomic E-state index is 0.0153. The van der Waals surface area contributed by atoms with Crippen LogP contribution in [-0.4, -0.2) is 19.0 Å². The van der Waals surface area contributed by atoms with Gasteiger partial charge in [0.15, 0.2) is 0 Å². The minimum atomic E-state index is 0.0153. The van der Waals surface area contributed by atoms with Crippen LogP contribution in [0.4, 0.5) is 5.69 Å². The molecule has 2 N–H and O–H groups in total. The molecule has 0 bridgehead atoms. The molecule has 0 aliphatic heterocycles. The van der Waals surface area contributed by atoms with Crippen molar-refractivity contribution in [2.45, 2.75) is 13.3 Å². The van der Waals surface area contributed by atoms with Crippen molar-refractivity contribution >= 4 is 23.2 Å². The smallest absolute Gasteiger partial charge is 0.216 e. The summed E-state index contributed by atoms with van der Waals surface area (Å²) in [6.45, 7) is 3.06. The monoisotopic (exact) mass is 226 g/mol. The number of hydrogen-bond acceptors (Lipinski definition) is 2. The summed E-state index contributed by atoms with van der Waals surface area (Å²) in [5.74, 6) is 0.0153. The summed E-state index contributed by atoms with van der Waals surface area (Å²) in [6, 6.07) is 7.55. The molecule has 0 unspecified atom stereocenters. The van der Waals surface area contributed by atoms with Crippen molar-refractivity contribution < 1.29 is 4.79 Å². The lowest BCUT2D eigenvalue weighted by Gasteiger charge is -2.06. The number of carbonyl (C=O) groups excluding carboxylic acids is 1. The number of nitrogens with one attached hydrogen (secondary N) is 2. The van der Waals surface area contributed by atoms with E-state index >= 15 is 0 Å². The molecule has 0 saturated heterocycles. The summed E-state index contributed by atoms with van der Waals surface area (Å²) >= 11 is 5.76. The molecule has 0 saturated carbocycles. The maximum absolute atomic E-state index is 10.6. The van der Waals surface area contributed by atoms with Gasteiger partial charge in [-0.25, -0.2) is 0 Å². The highest BCUT2D eigenvalue weighted by Crippen LogP contribution is 2.12. The molecule has 1 rings (SSSR count). The summed E-state index contributed by atoms with van der Waals surface area (Å²) in [5, 5.41) is 6.71. The Kier molecular flexibility index (Phi) is 4.98. The molecule has 0 spiro atoms. The predicted octanol–water partition coefficient (Wildman–Crippen LogP) is 2.28. The molecule has 1 amide bonds. The van der Waals surface area contributed by atoms with E-state index in [0.717, 1.165) is 23.7 Å². The Balaban J connectivity index is 2.15. The van der Waals surface area contributed by atoms with E-state index in [4.69, 9.17) is 11.6 Å². The van der Waals surface area contributed by atoms with Crippen LogP contribution < -0.4 is 10.6 Å². The lowest BCUT2D eigenvalue weighted by molar-refractivity contribution is -0.118. The number of carbonyl (C=O) groups is 1. The molecule has 0 aliphatic carbocycles. The van der Waals surface area contributed by atoms with E-state index in [0.29, 0.717) is 6.54 Å². The summed E-state index contributed by atoms with van der Waals surface area (Å²) in [4.78, 5) is 10.6. The van der Waals surface area contributed by atoms with E-state index in [1.54, 1.807) is 0 Å². The van der Waals surface area contributed by atoms with Gasteiger partial charge in [-0.2, -0.15) is 0 Å². The van der Waals surface area contributed by atoms with Gasteiger partial charge in [-0.05, 0) is 30.7 Å². The van der Waals surface area contributed by atoms with Gasteiger partial charge >= 0.3 is 0 Å². The fourth-order valence-corrected chi connectivity index (χ4v) is 1.28. The Morgan fingerprint density at radius 3 is 2.53 bits per heavy atom. The number of rotatable bonds is 5. The molecule has 0 aromatic heterocycles. The molecule has 0 atom stereocenters. The third kappa shape index (κ3) is 5.27. The summed E-state index contributed by atoms with van der Waals surface area (Å²) in [7, 11) is 0. The standard InChI is InChI=1S/C11H15ClN2O/c1-9(15)13-7-2-8-14-11-5-3-10(12)4-6-11/h3-6,14H,2,7-8H2,1H3,(H,13,15). The molecular weight excluding hydrogens is 212 g/mol. The van der Waals surface area contributed by atoms with Crippen molar-refractivity contribution in [3.8, 4) is 0 Å². The van der Waals surface area contributed by atoms with Gasteiger partial charge in [0.25, 0.3) is 0 Å². The zero-order valence-corrected chi connectivity index (χ0v) is 9.47. The van der Waals surface area contributed by atoms with E-state index in [2.05, 4.69) is 10.6 Å². The maximum Gasteiger partial charge on any atom is 0.216 e. The largest absolute Gasteiger partial charge is 0.385 e. The Bertz CT molecular complexity index is 311. The van der Waals surface area contributed by atoms with Crippen LogP contribution in [0.25, 0.3) is 0 Å². The van der Waals surface area contributed by atoms with Gasteiger partial charge in [-0.1, -0.05) is 11.6 Å². The van der Waals surface area contributed by atoms with Crippen molar-refractivity contribution in [2.24, 2.45) is 0 Å². The van der Waals surface area contributed by atoms with E-state index in [9.17, 15) is 4.79 Å². The predicted molar refractivity (Wildman–Crippen MR) is 63.2 cm³/mol. The van der Waals surface area contributed by atoms with Crippen molar-refractivity contribution in [3.63, 3.8) is 0 Å². The molecule has 3 nitrogen and oxygen atoms in total. The molecule has 15 heavy (non-hydrogen) atoms. The van der Waals surface area contributed by atoms with Crippen molar-refractivity contribution in [3.05, 3.63) is 29.3 Å². The van der Waals surface area contributed by atoms with Crippen molar-refractivity contribution in [1.82, 2.24) is 5.32 Å². The normalized spacial score (nSPS) is 9.73. The van der Waals surface area contributed by atoms with E-state index in [-0.39, 0.29) is 5.91 Å². The van der Waals surface area contributed by atoms with Gasteiger partial charge < -0.3 is 10.6 Å². The zero-order valence-electron chi connectivity index (χ0n) is 8.72. The molecular formula is C11H15ClN2O. The molecule has 1 aromatic carbocycles. The highest BCUT2D eigenvalue weighted by Gasteiger charge is 1.93. The van der Waals surface area contributed by atoms with Crippen molar-refractivity contribution in [1.29, 1.82) is 0 Å². The van der Waals surface area contributed by atoms with Gasteiger partial charge in [-0.3, -0.25) is 4.79 Å². The van der Waals surface area contributed by atoms with Crippen LogP contribution in [0.2, 0.25) is 5.02 Å². The molecule has 0 fully saturated rings. The van der Waals surface area contributed by atoms with E-state index in [1.165, 1.54) is 6.92 Å². The fourth-order valence-electron chi connectivity index (χ4n) is 1.15. The number of benzene rings is 1. The molecule has 0 radical (unpaired) electrons. The van der Waals surface area contributed by atoms with Gasteiger partial charge in [0.1, 0.15) is 0 Å². The second-order valence-corrected chi connectivity index (χ2v) is 3.71. The Morgan fingerprint density at radius 2 is 1.93 bits per heavy atom. The second-order valence-electron chi connectivity index (χ2n) is 3.27. The lowest BCUT2D eigenvalue weighted by atomic mass is 10.3. The Labute approximate surface area is 94.8 Å². The van der Waals surface area contributed by atoms with Gasteiger partial charge in [0.2, 0.25) is 5.91 Å². The minimum Gasteiger partial charge on any atom is -0.385 e.